The molecule has 14 heavy (non-hydrogen) atoms. The molecule has 0 fully saturated rings. The van der Waals surface area contributed by atoms with Crippen molar-refractivity contribution < 1.29 is 14.7 Å². The van der Waals surface area contributed by atoms with Crippen molar-refractivity contribution in [1.29, 1.82) is 0 Å². The fourth-order valence-electron chi connectivity index (χ4n) is 1.40. The van der Waals surface area contributed by atoms with Crippen molar-refractivity contribution in [2.24, 2.45) is 17.6 Å². The normalized spacial score (nSPS) is 12.5. The van der Waals surface area contributed by atoms with E-state index < -0.39 is 12.0 Å². The van der Waals surface area contributed by atoms with Gasteiger partial charge in [-0.3, -0.25) is 4.79 Å². The Bertz CT molecular complexity index is 204. The van der Waals surface area contributed by atoms with Crippen LogP contribution < -0.4 is 11.1 Å². The molecular formula is C9H18N2O3. The van der Waals surface area contributed by atoms with Gasteiger partial charge in [0.25, 0.3) is 0 Å². The number of rotatable bonds is 6. The van der Waals surface area contributed by atoms with Gasteiger partial charge in [-0.2, -0.15) is 0 Å². The molecule has 0 aromatic carbocycles. The maximum absolute atomic E-state index is 10.5. The molecule has 1 atom stereocenters. The number of hydrogen-bond acceptors (Lipinski definition) is 2. The van der Waals surface area contributed by atoms with Crippen LogP contribution in [0.3, 0.4) is 0 Å². The average Bonchev–Trinajstić information content (AvgIpc) is 1.97. The van der Waals surface area contributed by atoms with Crippen LogP contribution in [-0.2, 0) is 4.79 Å². The van der Waals surface area contributed by atoms with E-state index in [9.17, 15) is 9.59 Å². The number of amides is 2. The Morgan fingerprint density at radius 1 is 1.43 bits per heavy atom. The van der Waals surface area contributed by atoms with Crippen molar-refractivity contribution in [2.45, 2.75) is 26.7 Å². The second kappa shape index (κ2) is 6.23. The van der Waals surface area contributed by atoms with Crippen LogP contribution >= 0.6 is 0 Å². The summed E-state index contributed by atoms with van der Waals surface area (Å²) in [5.74, 6) is -0.476. The van der Waals surface area contributed by atoms with Crippen LogP contribution in [0.5, 0.6) is 0 Å². The fourth-order valence-corrected chi connectivity index (χ4v) is 1.40. The first-order valence-electron chi connectivity index (χ1n) is 4.67. The molecule has 0 saturated carbocycles. The van der Waals surface area contributed by atoms with Gasteiger partial charge in [-0.05, 0) is 18.3 Å². The Labute approximate surface area is 83.7 Å². The fraction of sp³-hybridized carbons (Fsp3) is 0.778. The van der Waals surface area contributed by atoms with Crippen molar-refractivity contribution in [3.05, 3.63) is 0 Å². The SMILES string of the molecule is CC(C)CC(CNC(N)=O)CC(=O)O. The molecule has 0 rings (SSSR count). The standard InChI is InChI=1S/C9H18N2O3/c1-6(2)3-7(4-8(12)13)5-11-9(10)14/h6-7H,3-5H2,1-2H3,(H,12,13)(H3,10,11,14). The molecule has 82 valence electrons. The molecule has 0 aliphatic heterocycles. The number of aliphatic carboxylic acids is 1. The van der Waals surface area contributed by atoms with Gasteiger partial charge in [0, 0.05) is 13.0 Å². The second-order valence-corrected chi connectivity index (χ2v) is 3.84. The molecular weight excluding hydrogens is 184 g/mol. The van der Waals surface area contributed by atoms with Crippen molar-refractivity contribution in [1.82, 2.24) is 5.32 Å². The average molecular weight is 202 g/mol. The lowest BCUT2D eigenvalue weighted by molar-refractivity contribution is -0.138. The maximum atomic E-state index is 10.5. The summed E-state index contributed by atoms with van der Waals surface area (Å²) < 4.78 is 0. The Hall–Kier alpha value is -1.26. The number of primary amides is 1. The smallest absolute Gasteiger partial charge is 0.312 e. The molecule has 0 aromatic rings. The van der Waals surface area contributed by atoms with Crippen molar-refractivity contribution in [3.63, 3.8) is 0 Å². The predicted molar refractivity (Wildman–Crippen MR) is 52.8 cm³/mol. The Morgan fingerprint density at radius 3 is 2.36 bits per heavy atom. The number of nitrogens with two attached hydrogens (primary N) is 1. The molecule has 0 saturated heterocycles. The Kier molecular flexibility index (Phi) is 5.67. The van der Waals surface area contributed by atoms with Crippen LogP contribution in [0.15, 0.2) is 0 Å². The highest BCUT2D eigenvalue weighted by molar-refractivity contribution is 5.71. The summed E-state index contributed by atoms with van der Waals surface area (Å²) in [6.07, 6.45) is 0.838. The quantitative estimate of drug-likeness (QED) is 0.594. The first kappa shape index (κ1) is 12.7. The minimum Gasteiger partial charge on any atom is -0.481 e. The highest BCUT2D eigenvalue weighted by Gasteiger charge is 2.15. The molecule has 0 aliphatic rings. The van der Waals surface area contributed by atoms with E-state index in [0.29, 0.717) is 12.5 Å². The lowest BCUT2D eigenvalue weighted by atomic mass is 9.94. The van der Waals surface area contributed by atoms with Gasteiger partial charge in [-0.1, -0.05) is 13.8 Å². The van der Waals surface area contributed by atoms with Gasteiger partial charge in [0.2, 0.25) is 0 Å². The number of hydrogen-bond donors (Lipinski definition) is 3. The van der Waals surface area contributed by atoms with Gasteiger partial charge in [-0.15, -0.1) is 0 Å². The molecule has 5 nitrogen and oxygen atoms in total. The van der Waals surface area contributed by atoms with Crippen LogP contribution in [-0.4, -0.2) is 23.7 Å². The topological polar surface area (TPSA) is 92.4 Å². The summed E-state index contributed by atoms with van der Waals surface area (Å²) >= 11 is 0. The molecule has 4 N–H and O–H groups in total. The highest BCUT2D eigenvalue weighted by atomic mass is 16.4. The molecule has 5 heteroatoms. The maximum Gasteiger partial charge on any atom is 0.312 e. The summed E-state index contributed by atoms with van der Waals surface area (Å²) in [4.78, 5) is 20.9. The van der Waals surface area contributed by atoms with Crippen LogP contribution in [0.4, 0.5) is 4.79 Å². The van der Waals surface area contributed by atoms with E-state index in [1.165, 1.54) is 0 Å². The van der Waals surface area contributed by atoms with Crippen molar-refractivity contribution >= 4 is 12.0 Å². The highest BCUT2D eigenvalue weighted by Crippen LogP contribution is 2.14. The van der Waals surface area contributed by atoms with Gasteiger partial charge in [0.1, 0.15) is 0 Å². The summed E-state index contributed by atoms with van der Waals surface area (Å²) in [6.45, 7) is 4.36. The Balaban J connectivity index is 3.96. The van der Waals surface area contributed by atoms with Crippen molar-refractivity contribution in [2.75, 3.05) is 6.54 Å². The summed E-state index contributed by atoms with van der Waals surface area (Å²) in [6, 6.07) is -0.607. The van der Waals surface area contributed by atoms with Crippen LogP contribution in [0, 0.1) is 11.8 Å². The Morgan fingerprint density at radius 2 is 2.00 bits per heavy atom. The first-order chi connectivity index (χ1) is 6.41. The number of carbonyl (C=O) groups excluding carboxylic acids is 1. The predicted octanol–water partition coefficient (Wildman–Crippen LogP) is 0.792. The van der Waals surface area contributed by atoms with Gasteiger partial charge >= 0.3 is 12.0 Å². The number of carboxylic acid groups (broad SMARTS) is 1. The summed E-state index contributed by atoms with van der Waals surface area (Å²) in [7, 11) is 0. The molecule has 2 amide bonds. The van der Waals surface area contributed by atoms with E-state index in [2.05, 4.69) is 5.32 Å². The minimum atomic E-state index is -0.845. The molecule has 0 aromatic heterocycles. The lowest BCUT2D eigenvalue weighted by Gasteiger charge is -2.16. The van der Waals surface area contributed by atoms with E-state index in [-0.39, 0.29) is 12.3 Å². The number of carboxylic acids is 1. The van der Waals surface area contributed by atoms with Gasteiger partial charge in [-0.25, -0.2) is 4.79 Å². The third-order valence-corrected chi connectivity index (χ3v) is 1.83. The third-order valence-electron chi connectivity index (χ3n) is 1.83. The number of nitrogens with one attached hydrogen (secondary N) is 1. The molecule has 0 heterocycles. The van der Waals surface area contributed by atoms with E-state index >= 15 is 0 Å². The van der Waals surface area contributed by atoms with Crippen LogP contribution in [0.2, 0.25) is 0 Å². The lowest BCUT2D eigenvalue weighted by Crippen LogP contribution is -2.34. The van der Waals surface area contributed by atoms with Gasteiger partial charge < -0.3 is 16.2 Å². The van der Waals surface area contributed by atoms with Crippen LogP contribution in [0.25, 0.3) is 0 Å². The second-order valence-electron chi connectivity index (χ2n) is 3.84. The molecule has 0 spiro atoms. The zero-order chi connectivity index (χ0) is 11.1. The molecule has 0 aliphatic carbocycles. The molecule has 1 unspecified atom stereocenters. The van der Waals surface area contributed by atoms with E-state index in [4.69, 9.17) is 10.8 Å². The zero-order valence-corrected chi connectivity index (χ0v) is 8.62. The van der Waals surface area contributed by atoms with E-state index in [1.807, 2.05) is 13.8 Å². The van der Waals surface area contributed by atoms with E-state index in [1.54, 1.807) is 0 Å². The molecule has 0 bridgehead atoms. The van der Waals surface area contributed by atoms with Gasteiger partial charge in [0.15, 0.2) is 0 Å². The third kappa shape index (κ3) is 7.39. The summed E-state index contributed by atoms with van der Waals surface area (Å²) in [5, 5.41) is 11.0. The van der Waals surface area contributed by atoms with E-state index in [0.717, 1.165) is 6.42 Å². The first-order valence-corrected chi connectivity index (χ1v) is 4.67. The minimum absolute atomic E-state index is 0.0417. The van der Waals surface area contributed by atoms with Crippen LogP contribution in [0.1, 0.15) is 26.7 Å². The summed E-state index contributed by atoms with van der Waals surface area (Å²) in [5.41, 5.74) is 4.90. The largest absolute Gasteiger partial charge is 0.481 e. The number of carbonyl (C=O) groups is 2. The van der Waals surface area contributed by atoms with Gasteiger partial charge in [0.05, 0.1) is 0 Å². The molecule has 0 radical (unpaired) electrons. The monoisotopic (exact) mass is 202 g/mol. The van der Waals surface area contributed by atoms with Crippen molar-refractivity contribution in [3.8, 4) is 0 Å². The number of urea groups is 1. The zero-order valence-electron chi connectivity index (χ0n) is 8.62.